The van der Waals surface area contributed by atoms with Crippen molar-refractivity contribution in [2.24, 2.45) is 5.73 Å². The van der Waals surface area contributed by atoms with E-state index in [4.69, 9.17) is 10.5 Å². The van der Waals surface area contributed by atoms with E-state index in [0.717, 1.165) is 21.3 Å². The first kappa shape index (κ1) is 25.0. The number of aromatic nitrogens is 1. The van der Waals surface area contributed by atoms with Gasteiger partial charge in [-0.3, -0.25) is 9.69 Å². The van der Waals surface area contributed by atoms with Crippen LogP contribution in [0, 0.1) is 32.1 Å². The lowest BCUT2D eigenvalue weighted by Crippen LogP contribution is -2.41. The minimum absolute atomic E-state index is 0.0209. The first-order valence-electron chi connectivity index (χ1n) is 11.1. The summed E-state index contributed by atoms with van der Waals surface area (Å²) in [6.07, 6.45) is -0.385. The fourth-order valence-electron chi connectivity index (χ4n) is 4.36. The van der Waals surface area contributed by atoms with Crippen LogP contribution in [0.25, 0.3) is 0 Å². The maximum Gasteiger partial charge on any atom is 0.337 e. The smallest absolute Gasteiger partial charge is 0.337 e. The van der Waals surface area contributed by atoms with E-state index in [0.29, 0.717) is 21.8 Å². The quantitative estimate of drug-likeness (QED) is 0.532. The van der Waals surface area contributed by atoms with Crippen molar-refractivity contribution in [2.45, 2.75) is 51.7 Å². The molecule has 1 aromatic carbocycles. The molecule has 4 rings (SSSR count). The molecule has 0 saturated heterocycles. The van der Waals surface area contributed by atoms with E-state index in [2.05, 4.69) is 27.0 Å². The van der Waals surface area contributed by atoms with Crippen molar-refractivity contribution in [3.63, 3.8) is 0 Å². The Morgan fingerprint density at radius 3 is 2.51 bits per heavy atom. The number of esters is 1. The van der Waals surface area contributed by atoms with E-state index < -0.39 is 17.8 Å². The SMILES string of the molecule is Cc1nc2c(c(C)c1C)C(=O)N1C(N)=C(C#N)C(c3ccc(Br)cc3)C(C(=O)OC(C)C)=C1CS2. The monoisotopic (exact) mass is 552 g/mol. The molecule has 3 heterocycles. The van der Waals surface area contributed by atoms with Crippen molar-refractivity contribution in [1.29, 1.82) is 5.26 Å². The number of nitrogens with zero attached hydrogens (tertiary/aromatic N) is 3. The van der Waals surface area contributed by atoms with Gasteiger partial charge < -0.3 is 10.5 Å². The fourth-order valence-corrected chi connectivity index (χ4v) is 5.77. The average molecular weight is 553 g/mol. The van der Waals surface area contributed by atoms with Gasteiger partial charge in [0.2, 0.25) is 0 Å². The number of carbonyl (C=O) groups excluding carboxylic acids is 2. The molecule has 1 unspecified atom stereocenters. The highest BCUT2D eigenvalue weighted by atomic mass is 79.9. The van der Waals surface area contributed by atoms with Crippen molar-refractivity contribution in [3.05, 3.63) is 79.4 Å². The number of nitrogens with two attached hydrogens (primary N) is 1. The van der Waals surface area contributed by atoms with Gasteiger partial charge in [-0.1, -0.05) is 39.8 Å². The zero-order valence-electron chi connectivity index (χ0n) is 20.1. The Labute approximate surface area is 217 Å². The number of nitriles is 1. The molecule has 0 spiro atoms. The van der Waals surface area contributed by atoms with Gasteiger partial charge in [0.25, 0.3) is 5.91 Å². The summed E-state index contributed by atoms with van der Waals surface area (Å²) < 4.78 is 6.47. The Kier molecular flexibility index (Phi) is 6.80. The Morgan fingerprint density at radius 2 is 1.91 bits per heavy atom. The molecule has 1 atom stereocenters. The summed E-state index contributed by atoms with van der Waals surface area (Å²) in [7, 11) is 0. The second-order valence-corrected chi connectivity index (χ2v) is 10.6. The predicted molar refractivity (Wildman–Crippen MR) is 137 cm³/mol. The number of thioether (sulfide) groups is 1. The Bertz CT molecular complexity index is 1360. The molecule has 180 valence electrons. The average Bonchev–Trinajstić information content (AvgIpc) is 2.94. The molecule has 2 aliphatic rings. The predicted octanol–water partition coefficient (Wildman–Crippen LogP) is 5.01. The maximum atomic E-state index is 14.0. The first-order chi connectivity index (χ1) is 16.6. The van der Waals surface area contributed by atoms with Crippen LogP contribution in [0.1, 0.15) is 52.5 Å². The lowest BCUT2D eigenvalue weighted by molar-refractivity contribution is -0.143. The molecule has 35 heavy (non-hydrogen) atoms. The summed E-state index contributed by atoms with van der Waals surface area (Å²) in [6.45, 7) is 9.22. The van der Waals surface area contributed by atoms with Crippen LogP contribution in [-0.2, 0) is 9.53 Å². The van der Waals surface area contributed by atoms with Crippen LogP contribution in [-0.4, -0.2) is 33.6 Å². The fraction of sp³-hybridized carbons (Fsp3) is 0.308. The molecule has 0 bridgehead atoms. The molecule has 2 aliphatic heterocycles. The molecule has 0 fully saturated rings. The van der Waals surface area contributed by atoms with Gasteiger partial charge in [0.1, 0.15) is 10.8 Å². The van der Waals surface area contributed by atoms with Crippen LogP contribution in [0.4, 0.5) is 0 Å². The van der Waals surface area contributed by atoms with Crippen molar-refractivity contribution in [3.8, 4) is 6.07 Å². The van der Waals surface area contributed by atoms with Crippen molar-refractivity contribution >= 4 is 39.6 Å². The molecular formula is C26H25BrN4O3S. The number of fused-ring (bicyclic) bond motifs is 2. The maximum absolute atomic E-state index is 14.0. The highest BCUT2D eigenvalue weighted by molar-refractivity contribution is 9.10. The molecule has 0 aliphatic carbocycles. The van der Waals surface area contributed by atoms with E-state index in [9.17, 15) is 14.9 Å². The third-order valence-corrected chi connectivity index (χ3v) is 7.80. The number of ether oxygens (including phenoxy) is 1. The van der Waals surface area contributed by atoms with Crippen LogP contribution < -0.4 is 5.73 Å². The number of hydrogen-bond acceptors (Lipinski definition) is 7. The van der Waals surface area contributed by atoms with Gasteiger partial charge in [0.05, 0.1) is 34.8 Å². The van der Waals surface area contributed by atoms with Gasteiger partial charge in [-0.05, 0) is 63.4 Å². The molecule has 7 nitrogen and oxygen atoms in total. The van der Waals surface area contributed by atoms with Crippen LogP contribution in [0.2, 0.25) is 0 Å². The summed E-state index contributed by atoms with van der Waals surface area (Å²) in [5.74, 6) is -1.46. The number of pyridine rings is 1. The zero-order valence-corrected chi connectivity index (χ0v) is 22.5. The molecule has 0 radical (unpaired) electrons. The summed E-state index contributed by atoms with van der Waals surface area (Å²) in [5.41, 5.74) is 11.0. The molecular weight excluding hydrogens is 528 g/mol. The number of allylic oxidation sites excluding steroid dienone is 1. The van der Waals surface area contributed by atoms with E-state index in [-0.39, 0.29) is 28.8 Å². The van der Waals surface area contributed by atoms with E-state index in [1.54, 1.807) is 13.8 Å². The lowest BCUT2D eigenvalue weighted by Gasteiger charge is -2.35. The molecule has 2 N–H and O–H groups in total. The topological polar surface area (TPSA) is 109 Å². The summed E-state index contributed by atoms with van der Waals surface area (Å²) in [6, 6.07) is 9.51. The third kappa shape index (κ3) is 4.26. The zero-order chi connectivity index (χ0) is 25.6. The standard InChI is InChI=1S/C26H25BrN4O3S/c1-12(2)34-26(33)22-19-11-35-24-20(14(4)13(3)15(5)30-24)25(32)31(19)23(29)18(10-28)21(22)16-6-8-17(27)9-7-16/h6-9,12,21H,11,29H2,1-5H3. The normalized spacial score (nSPS) is 17.7. The van der Waals surface area contributed by atoms with Gasteiger partial charge >= 0.3 is 5.97 Å². The number of rotatable bonds is 3. The molecule has 0 saturated carbocycles. The van der Waals surface area contributed by atoms with Crippen molar-refractivity contribution < 1.29 is 14.3 Å². The number of benzene rings is 1. The summed E-state index contributed by atoms with van der Waals surface area (Å²) in [5, 5.41) is 10.8. The van der Waals surface area contributed by atoms with E-state index in [1.165, 1.54) is 16.7 Å². The number of aryl methyl sites for hydroxylation is 1. The van der Waals surface area contributed by atoms with Gasteiger partial charge in [0, 0.05) is 21.6 Å². The third-order valence-electron chi connectivity index (χ3n) is 6.29. The van der Waals surface area contributed by atoms with Crippen LogP contribution >= 0.6 is 27.7 Å². The van der Waals surface area contributed by atoms with Gasteiger partial charge in [-0.15, -0.1) is 0 Å². The summed E-state index contributed by atoms with van der Waals surface area (Å²) >= 11 is 4.81. The van der Waals surface area contributed by atoms with Crippen LogP contribution in [0.5, 0.6) is 0 Å². The first-order valence-corrected chi connectivity index (χ1v) is 12.9. The molecule has 9 heteroatoms. The molecule has 1 aromatic heterocycles. The second-order valence-electron chi connectivity index (χ2n) is 8.77. The lowest BCUT2D eigenvalue weighted by atomic mass is 9.81. The second kappa shape index (κ2) is 9.51. The van der Waals surface area contributed by atoms with Gasteiger partial charge in [0.15, 0.2) is 0 Å². The van der Waals surface area contributed by atoms with Crippen molar-refractivity contribution in [1.82, 2.24) is 9.88 Å². The minimum Gasteiger partial charge on any atom is -0.460 e. The summed E-state index contributed by atoms with van der Waals surface area (Å²) in [4.78, 5) is 33.5. The Hall–Kier alpha value is -3.09. The highest BCUT2D eigenvalue weighted by Crippen LogP contribution is 2.45. The van der Waals surface area contributed by atoms with Crippen molar-refractivity contribution in [2.75, 3.05) is 5.75 Å². The minimum atomic E-state index is -0.766. The number of carbonyl (C=O) groups is 2. The molecule has 1 amide bonds. The highest BCUT2D eigenvalue weighted by Gasteiger charge is 2.44. The molecule has 2 aromatic rings. The van der Waals surface area contributed by atoms with E-state index >= 15 is 0 Å². The largest absolute Gasteiger partial charge is 0.460 e. The van der Waals surface area contributed by atoms with Crippen LogP contribution in [0.3, 0.4) is 0 Å². The number of amides is 1. The van der Waals surface area contributed by atoms with Gasteiger partial charge in [-0.25, -0.2) is 9.78 Å². The Balaban J connectivity index is 2.02. The number of halogens is 1. The van der Waals surface area contributed by atoms with Crippen LogP contribution in [0.15, 0.2) is 56.4 Å². The number of hydrogen-bond donors (Lipinski definition) is 1. The van der Waals surface area contributed by atoms with Gasteiger partial charge in [-0.2, -0.15) is 5.26 Å². The van der Waals surface area contributed by atoms with E-state index in [1.807, 2.05) is 45.0 Å². The Morgan fingerprint density at radius 1 is 1.26 bits per heavy atom.